The van der Waals surface area contributed by atoms with Crippen LogP contribution >= 0.6 is 22.7 Å². The van der Waals surface area contributed by atoms with Gasteiger partial charge in [0, 0.05) is 51.5 Å². The molecule has 0 aliphatic rings. The second-order valence-electron chi connectivity index (χ2n) is 9.98. The standard InChI is InChI=1S/C37H21NS2/c38-22-24-9-1-2-10-25(24)29-13-7-14-30(32-16-8-15-31-27-12-4-6-18-34(27)40-37(31)32)36(29)23-19-20-28-26-11-3-5-17-33(26)39-35(28)21-23/h1-21H. The maximum Gasteiger partial charge on any atom is 0.0998 e. The topological polar surface area (TPSA) is 23.8 Å². The monoisotopic (exact) mass is 543 g/mol. The Morgan fingerprint density at radius 2 is 1.02 bits per heavy atom. The molecule has 0 amide bonds. The van der Waals surface area contributed by atoms with Crippen molar-refractivity contribution < 1.29 is 0 Å². The van der Waals surface area contributed by atoms with E-state index < -0.39 is 0 Å². The fourth-order valence-electron chi connectivity index (χ4n) is 5.97. The van der Waals surface area contributed by atoms with Crippen LogP contribution in [0, 0.1) is 11.3 Å². The lowest BCUT2D eigenvalue weighted by molar-refractivity contribution is 1.48. The van der Waals surface area contributed by atoms with Crippen molar-refractivity contribution in [3.05, 3.63) is 133 Å². The van der Waals surface area contributed by atoms with Gasteiger partial charge in [-0.3, -0.25) is 0 Å². The average Bonchev–Trinajstić information content (AvgIpc) is 3.58. The van der Waals surface area contributed by atoms with E-state index in [0.29, 0.717) is 5.56 Å². The lowest BCUT2D eigenvalue weighted by atomic mass is 9.86. The maximum atomic E-state index is 10.0. The smallest absolute Gasteiger partial charge is 0.0998 e. The molecule has 0 aliphatic carbocycles. The first-order valence-electron chi connectivity index (χ1n) is 13.2. The van der Waals surface area contributed by atoms with Gasteiger partial charge in [0.1, 0.15) is 0 Å². The molecule has 0 aliphatic heterocycles. The molecule has 0 bridgehead atoms. The summed E-state index contributed by atoms with van der Waals surface area (Å²) in [6.07, 6.45) is 0. The van der Waals surface area contributed by atoms with E-state index in [1.54, 1.807) is 0 Å². The van der Waals surface area contributed by atoms with Crippen LogP contribution in [0.4, 0.5) is 0 Å². The van der Waals surface area contributed by atoms with E-state index in [0.717, 1.165) is 22.3 Å². The van der Waals surface area contributed by atoms with Gasteiger partial charge in [0.2, 0.25) is 0 Å². The molecule has 2 aromatic heterocycles. The first-order chi connectivity index (χ1) is 19.8. The highest BCUT2D eigenvalue weighted by Gasteiger charge is 2.19. The summed E-state index contributed by atoms with van der Waals surface area (Å²) >= 11 is 3.69. The van der Waals surface area contributed by atoms with Gasteiger partial charge in [-0.2, -0.15) is 5.26 Å². The molecular formula is C37H21NS2. The minimum Gasteiger partial charge on any atom is -0.192 e. The van der Waals surface area contributed by atoms with Gasteiger partial charge in [-0.25, -0.2) is 0 Å². The summed E-state index contributed by atoms with van der Waals surface area (Å²) in [4.78, 5) is 0. The van der Waals surface area contributed by atoms with Gasteiger partial charge >= 0.3 is 0 Å². The van der Waals surface area contributed by atoms with E-state index in [9.17, 15) is 5.26 Å². The minimum absolute atomic E-state index is 0.684. The van der Waals surface area contributed by atoms with Crippen LogP contribution in [0.15, 0.2) is 127 Å². The molecule has 0 radical (unpaired) electrons. The van der Waals surface area contributed by atoms with Crippen molar-refractivity contribution in [3.63, 3.8) is 0 Å². The van der Waals surface area contributed by atoms with Gasteiger partial charge in [-0.1, -0.05) is 103 Å². The van der Waals surface area contributed by atoms with E-state index in [1.807, 2.05) is 40.9 Å². The zero-order valence-corrected chi connectivity index (χ0v) is 23.0. The quantitative estimate of drug-likeness (QED) is 0.217. The number of nitriles is 1. The maximum absolute atomic E-state index is 10.0. The Balaban J connectivity index is 1.47. The third kappa shape index (κ3) is 3.51. The molecule has 0 N–H and O–H groups in total. The number of hydrogen-bond acceptors (Lipinski definition) is 3. The largest absolute Gasteiger partial charge is 0.192 e. The first-order valence-corrected chi connectivity index (χ1v) is 14.9. The van der Waals surface area contributed by atoms with Crippen molar-refractivity contribution in [3.8, 4) is 39.4 Å². The molecular weight excluding hydrogens is 523 g/mol. The molecule has 0 fully saturated rings. The Hall–Kier alpha value is -4.75. The van der Waals surface area contributed by atoms with Crippen LogP contribution in [-0.2, 0) is 0 Å². The van der Waals surface area contributed by atoms with Crippen LogP contribution in [0.25, 0.3) is 73.7 Å². The lowest BCUT2D eigenvalue weighted by Gasteiger charge is -2.18. The number of fused-ring (bicyclic) bond motifs is 6. The van der Waals surface area contributed by atoms with E-state index in [4.69, 9.17) is 0 Å². The second-order valence-corrected chi connectivity index (χ2v) is 12.1. The Kier molecular flexibility index (Phi) is 5.31. The van der Waals surface area contributed by atoms with Crippen molar-refractivity contribution in [2.45, 2.75) is 0 Å². The second kappa shape index (κ2) is 9.17. The molecule has 0 atom stereocenters. The van der Waals surface area contributed by atoms with Crippen molar-refractivity contribution >= 4 is 63.0 Å². The Bertz CT molecular complexity index is 2290. The highest BCUT2D eigenvalue weighted by Crippen LogP contribution is 2.47. The highest BCUT2D eigenvalue weighted by molar-refractivity contribution is 7.26. The van der Waals surface area contributed by atoms with Gasteiger partial charge in [-0.05, 0) is 46.5 Å². The fourth-order valence-corrected chi connectivity index (χ4v) is 8.34. The van der Waals surface area contributed by atoms with Crippen molar-refractivity contribution in [2.75, 3.05) is 0 Å². The Labute approximate surface area is 239 Å². The van der Waals surface area contributed by atoms with Gasteiger partial charge in [0.05, 0.1) is 11.6 Å². The Morgan fingerprint density at radius 3 is 1.85 bits per heavy atom. The number of benzene rings is 6. The fraction of sp³-hybridized carbons (Fsp3) is 0. The summed E-state index contributed by atoms with van der Waals surface area (Å²) in [6.45, 7) is 0. The first kappa shape index (κ1) is 23.2. The van der Waals surface area contributed by atoms with Crippen LogP contribution in [-0.4, -0.2) is 0 Å². The molecule has 8 aromatic rings. The van der Waals surface area contributed by atoms with E-state index >= 15 is 0 Å². The SMILES string of the molecule is N#Cc1ccccc1-c1cccc(-c2cccc3c2sc2ccccc23)c1-c1ccc2c(c1)sc1ccccc12. The van der Waals surface area contributed by atoms with Crippen LogP contribution < -0.4 is 0 Å². The van der Waals surface area contributed by atoms with Gasteiger partial charge < -0.3 is 0 Å². The zero-order valence-electron chi connectivity index (χ0n) is 21.4. The summed E-state index contributed by atoms with van der Waals surface area (Å²) in [6, 6.07) is 47.7. The van der Waals surface area contributed by atoms with Gasteiger partial charge in [-0.15, -0.1) is 22.7 Å². The minimum atomic E-state index is 0.684. The molecule has 186 valence electrons. The molecule has 1 nitrogen and oxygen atoms in total. The van der Waals surface area contributed by atoms with E-state index in [-0.39, 0.29) is 0 Å². The number of hydrogen-bond donors (Lipinski definition) is 0. The van der Waals surface area contributed by atoms with Gasteiger partial charge in [0.15, 0.2) is 0 Å². The molecule has 0 spiro atoms. The Morgan fingerprint density at radius 1 is 0.450 bits per heavy atom. The van der Waals surface area contributed by atoms with Crippen molar-refractivity contribution in [1.29, 1.82) is 5.26 Å². The highest BCUT2D eigenvalue weighted by atomic mass is 32.1. The summed E-state index contributed by atoms with van der Waals surface area (Å²) in [5.74, 6) is 0. The molecule has 0 unspecified atom stereocenters. The van der Waals surface area contributed by atoms with Crippen LogP contribution in [0.1, 0.15) is 5.56 Å². The predicted octanol–water partition coefficient (Wildman–Crippen LogP) is 11.3. The molecule has 0 saturated carbocycles. The van der Waals surface area contributed by atoms with Crippen molar-refractivity contribution in [1.82, 2.24) is 0 Å². The number of rotatable bonds is 3. The molecule has 0 saturated heterocycles. The number of nitrogens with zero attached hydrogens (tertiary/aromatic N) is 1. The average molecular weight is 544 g/mol. The zero-order chi connectivity index (χ0) is 26.6. The normalized spacial score (nSPS) is 11.5. The van der Waals surface area contributed by atoms with Crippen molar-refractivity contribution in [2.24, 2.45) is 0 Å². The molecule has 40 heavy (non-hydrogen) atoms. The van der Waals surface area contributed by atoms with E-state index in [1.165, 1.54) is 51.5 Å². The summed E-state index contributed by atoms with van der Waals surface area (Å²) in [5, 5.41) is 15.2. The summed E-state index contributed by atoms with van der Waals surface area (Å²) < 4.78 is 5.16. The molecule has 6 aromatic carbocycles. The van der Waals surface area contributed by atoms with Crippen LogP contribution in [0.3, 0.4) is 0 Å². The third-order valence-corrected chi connectivity index (χ3v) is 10.1. The third-order valence-electron chi connectivity index (χ3n) is 7.76. The van der Waals surface area contributed by atoms with E-state index in [2.05, 4.69) is 115 Å². The summed E-state index contributed by atoms with van der Waals surface area (Å²) in [7, 11) is 0. The molecule has 3 heteroatoms. The van der Waals surface area contributed by atoms with Crippen LogP contribution in [0.5, 0.6) is 0 Å². The predicted molar refractivity (Wildman–Crippen MR) is 173 cm³/mol. The molecule has 8 rings (SSSR count). The van der Waals surface area contributed by atoms with Crippen LogP contribution in [0.2, 0.25) is 0 Å². The lowest BCUT2D eigenvalue weighted by Crippen LogP contribution is -1.92. The van der Waals surface area contributed by atoms with Gasteiger partial charge in [0.25, 0.3) is 0 Å². The molecule has 2 heterocycles. The number of thiophene rings is 2. The summed E-state index contributed by atoms with van der Waals surface area (Å²) in [5.41, 5.74) is 7.45.